The number of nitrogens with zero attached hydrogens (tertiary/aromatic N) is 2. The maximum atomic E-state index is 13.1. The summed E-state index contributed by atoms with van der Waals surface area (Å²) in [5.74, 6) is -0.359. The first-order chi connectivity index (χ1) is 8.86. The van der Waals surface area contributed by atoms with E-state index in [1.807, 2.05) is 0 Å². The van der Waals surface area contributed by atoms with Crippen LogP contribution in [0.2, 0.25) is 0 Å². The molecule has 0 radical (unpaired) electrons. The molecule has 102 valence electrons. The van der Waals surface area contributed by atoms with Crippen molar-refractivity contribution in [3.63, 3.8) is 0 Å². The Kier molecular flexibility index (Phi) is 3.96. The Bertz CT molecular complexity index is 560. The third-order valence-corrected chi connectivity index (χ3v) is 3.74. The van der Waals surface area contributed by atoms with Crippen LogP contribution in [-0.2, 0) is 11.8 Å². The molecule has 2 N–H and O–H groups in total. The lowest BCUT2D eigenvalue weighted by Gasteiger charge is -2.14. The third-order valence-electron chi connectivity index (χ3n) is 2.87. The number of nitrogens with two attached hydrogens (primary N) is 1. The van der Waals surface area contributed by atoms with Gasteiger partial charge in [-0.25, -0.2) is 9.37 Å². The van der Waals surface area contributed by atoms with Crippen molar-refractivity contribution < 1.29 is 4.39 Å². The van der Waals surface area contributed by atoms with Gasteiger partial charge in [-0.2, -0.15) is 0 Å². The van der Waals surface area contributed by atoms with Crippen LogP contribution in [0.1, 0.15) is 43.1 Å². The zero-order chi connectivity index (χ0) is 14.0. The molecule has 0 spiro atoms. The number of aromatic nitrogens is 2. The van der Waals surface area contributed by atoms with E-state index in [0.29, 0.717) is 12.0 Å². The summed E-state index contributed by atoms with van der Waals surface area (Å²) in [5, 5.41) is 3.04. The number of thiazole rings is 1. The van der Waals surface area contributed by atoms with E-state index in [9.17, 15) is 4.39 Å². The maximum absolute atomic E-state index is 13.1. The molecular weight excluding hydrogens is 261 g/mol. The van der Waals surface area contributed by atoms with E-state index in [2.05, 4.69) is 36.1 Å². The molecule has 3 nitrogen and oxygen atoms in total. The lowest BCUT2D eigenvalue weighted by atomic mass is 9.93. The fourth-order valence-electron chi connectivity index (χ4n) is 1.69. The van der Waals surface area contributed by atoms with Gasteiger partial charge < -0.3 is 5.73 Å². The number of rotatable bonds is 3. The molecule has 2 rings (SSSR count). The average Bonchev–Trinajstić information content (AvgIpc) is 2.77. The minimum atomic E-state index is -0.359. The molecule has 0 aliphatic rings. The van der Waals surface area contributed by atoms with Crippen LogP contribution in [0.3, 0.4) is 0 Å². The predicted molar refractivity (Wildman–Crippen MR) is 75.6 cm³/mol. The van der Waals surface area contributed by atoms with Crippen molar-refractivity contribution >= 4 is 11.3 Å². The Balaban J connectivity index is 2.11. The highest BCUT2D eigenvalue weighted by Crippen LogP contribution is 2.26. The van der Waals surface area contributed by atoms with E-state index in [1.165, 1.54) is 12.3 Å². The number of pyridine rings is 1. The predicted octanol–water partition coefficient (Wildman–Crippen LogP) is 3.22. The molecule has 2 heterocycles. The minimum absolute atomic E-state index is 0.0409. The molecule has 1 unspecified atom stereocenters. The molecule has 2 aromatic heterocycles. The van der Waals surface area contributed by atoms with Gasteiger partial charge in [0.25, 0.3) is 0 Å². The van der Waals surface area contributed by atoms with Gasteiger partial charge >= 0.3 is 0 Å². The van der Waals surface area contributed by atoms with E-state index >= 15 is 0 Å². The van der Waals surface area contributed by atoms with Crippen molar-refractivity contribution in [3.8, 4) is 0 Å². The Labute approximate surface area is 116 Å². The first-order valence-electron chi connectivity index (χ1n) is 6.17. The van der Waals surface area contributed by atoms with Crippen molar-refractivity contribution in [2.45, 2.75) is 38.6 Å². The summed E-state index contributed by atoms with van der Waals surface area (Å²) in [6.07, 6.45) is 3.38. The largest absolute Gasteiger partial charge is 0.324 e. The lowest BCUT2D eigenvalue weighted by molar-refractivity contribution is 0.568. The molecule has 5 heteroatoms. The molecule has 0 saturated heterocycles. The SMILES string of the molecule is CC(C)(C)c1csc(CC(N)c2cncc(F)c2)n1. The highest BCUT2D eigenvalue weighted by Gasteiger charge is 2.18. The van der Waals surface area contributed by atoms with E-state index in [-0.39, 0.29) is 17.3 Å². The van der Waals surface area contributed by atoms with Gasteiger partial charge in [0.05, 0.1) is 16.9 Å². The summed E-state index contributed by atoms with van der Waals surface area (Å²) in [7, 11) is 0. The average molecular weight is 279 g/mol. The van der Waals surface area contributed by atoms with Crippen molar-refractivity contribution in [1.82, 2.24) is 9.97 Å². The summed E-state index contributed by atoms with van der Waals surface area (Å²) < 4.78 is 13.1. The van der Waals surface area contributed by atoms with Crippen LogP contribution < -0.4 is 5.73 Å². The van der Waals surface area contributed by atoms with Gasteiger partial charge in [-0.1, -0.05) is 20.8 Å². The van der Waals surface area contributed by atoms with Gasteiger partial charge in [0.15, 0.2) is 0 Å². The second-order valence-electron chi connectivity index (χ2n) is 5.62. The summed E-state index contributed by atoms with van der Waals surface area (Å²) in [6.45, 7) is 6.38. The molecule has 0 saturated carbocycles. The number of hydrogen-bond donors (Lipinski definition) is 1. The summed E-state index contributed by atoms with van der Waals surface area (Å²) in [4.78, 5) is 8.41. The lowest BCUT2D eigenvalue weighted by Crippen LogP contribution is -2.15. The smallest absolute Gasteiger partial charge is 0.141 e. The Hall–Kier alpha value is -1.33. The van der Waals surface area contributed by atoms with E-state index in [4.69, 9.17) is 5.73 Å². The quantitative estimate of drug-likeness (QED) is 0.938. The van der Waals surface area contributed by atoms with Crippen LogP contribution in [0.25, 0.3) is 0 Å². The maximum Gasteiger partial charge on any atom is 0.141 e. The van der Waals surface area contributed by atoms with Gasteiger partial charge in [0, 0.05) is 29.5 Å². The first-order valence-corrected chi connectivity index (χ1v) is 7.05. The zero-order valence-corrected chi connectivity index (χ0v) is 12.2. The van der Waals surface area contributed by atoms with Crippen LogP contribution in [-0.4, -0.2) is 9.97 Å². The van der Waals surface area contributed by atoms with Gasteiger partial charge in [-0.15, -0.1) is 11.3 Å². The molecule has 2 aromatic rings. The number of hydrogen-bond acceptors (Lipinski definition) is 4. The topological polar surface area (TPSA) is 51.8 Å². The second-order valence-corrected chi connectivity index (χ2v) is 6.57. The second kappa shape index (κ2) is 5.35. The molecule has 0 amide bonds. The summed E-state index contributed by atoms with van der Waals surface area (Å²) in [5.41, 5.74) is 7.88. The van der Waals surface area contributed by atoms with Gasteiger partial charge in [-0.05, 0) is 11.6 Å². The monoisotopic (exact) mass is 279 g/mol. The van der Waals surface area contributed by atoms with Crippen molar-refractivity contribution in [2.75, 3.05) is 0 Å². The molecule has 0 fully saturated rings. The highest BCUT2D eigenvalue weighted by atomic mass is 32.1. The van der Waals surface area contributed by atoms with Crippen LogP contribution in [0, 0.1) is 5.82 Å². The standard InChI is InChI=1S/C14H18FN3S/c1-14(2,3)12-8-19-13(18-12)5-11(16)9-4-10(15)7-17-6-9/h4,6-8,11H,5,16H2,1-3H3. The molecular formula is C14H18FN3S. The van der Waals surface area contributed by atoms with Gasteiger partial charge in [0.1, 0.15) is 5.82 Å². The normalized spacial score (nSPS) is 13.5. The van der Waals surface area contributed by atoms with E-state index in [1.54, 1.807) is 17.5 Å². The molecule has 1 atom stereocenters. The van der Waals surface area contributed by atoms with Crippen LogP contribution in [0.4, 0.5) is 4.39 Å². The number of halogens is 1. The van der Waals surface area contributed by atoms with Crippen molar-refractivity contribution in [2.24, 2.45) is 5.73 Å². The van der Waals surface area contributed by atoms with Crippen LogP contribution in [0.15, 0.2) is 23.8 Å². The zero-order valence-electron chi connectivity index (χ0n) is 11.4. The van der Waals surface area contributed by atoms with E-state index in [0.717, 1.165) is 10.7 Å². The van der Waals surface area contributed by atoms with Crippen LogP contribution in [0.5, 0.6) is 0 Å². The van der Waals surface area contributed by atoms with Crippen molar-refractivity contribution in [1.29, 1.82) is 0 Å². The van der Waals surface area contributed by atoms with Crippen molar-refractivity contribution in [3.05, 3.63) is 45.9 Å². The third kappa shape index (κ3) is 3.58. The highest BCUT2D eigenvalue weighted by molar-refractivity contribution is 7.09. The molecule has 0 bridgehead atoms. The Morgan fingerprint density at radius 1 is 1.37 bits per heavy atom. The molecule has 0 aliphatic carbocycles. The van der Waals surface area contributed by atoms with Gasteiger partial charge in [0.2, 0.25) is 0 Å². The molecule has 19 heavy (non-hydrogen) atoms. The Morgan fingerprint density at radius 3 is 2.68 bits per heavy atom. The minimum Gasteiger partial charge on any atom is -0.324 e. The molecule has 0 aromatic carbocycles. The first kappa shape index (κ1) is 14.1. The fourth-order valence-corrected chi connectivity index (χ4v) is 2.77. The fraction of sp³-hybridized carbons (Fsp3) is 0.429. The summed E-state index contributed by atoms with van der Waals surface area (Å²) in [6, 6.07) is 1.15. The van der Waals surface area contributed by atoms with E-state index < -0.39 is 0 Å². The van der Waals surface area contributed by atoms with Crippen LogP contribution >= 0.6 is 11.3 Å². The Morgan fingerprint density at radius 2 is 2.11 bits per heavy atom. The summed E-state index contributed by atoms with van der Waals surface area (Å²) >= 11 is 1.60. The van der Waals surface area contributed by atoms with Gasteiger partial charge in [-0.3, -0.25) is 4.98 Å². The molecule has 0 aliphatic heterocycles.